The van der Waals surface area contributed by atoms with Gasteiger partial charge in [-0.3, -0.25) is 4.79 Å². The molecule has 100 valence electrons. The second-order valence-electron chi connectivity index (χ2n) is 4.24. The summed E-state index contributed by atoms with van der Waals surface area (Å²) >= 11 is 5.83. The number of hydrogen-bond donors (Lipinski definition) is 0. The van der Waals surface area contributed by atoms with Gasteiger partial charge in [0.05, 0.1) is 6.54 Å². The average Bonchev–Trinajstić information content (AvgIpc) is 2.27. The molecule has 1 rings (SSSR count). The van der Waals surface area contributed by atoms with E-state index in [-0.39, 0.29) is 17.7 Å². The zero-order valence-corrected chi connectivity index (χ0v) is 11.9. The molecular formula is C10H17ClN6O. The third-order valence-corrected chi connectivity index (χ3v) is 2.37. The number of nitrogens with zero attached hydrogens (tertiary/aromatic N) is 6. The number of aromatic nitrogens is 3. The van der Waals surface area contributed by atoms with E-state index < -0.39 is 0 Å². The van der Waals surface area contributed by atoms with Crippen LogP contribution in [0.3, 0.4) is 0 Å². The predicted octanol–water partition coefficient (Wildman–Crippen LogP) is 0.115. The summed E-state index contributed by atoms with van der Waals surface area (Å²) in [4.78, 5) is 28.7. The summed E-state index contributed by atoms with van der Waals surface area (Å²) in [6, 6.07) is 0. The van der Waals surface area contributed by atoms with Crippen molar-refractivity contribution in [3.8, 4) is 0 Å². The summed E-state index contributed by atoms with van der Waals surface area (Å²) in [5, 5.41) is 0.104. The van der Waals surface area contributed by atoms with E-state index in [1.165, 1.54) is 4.90 Å². The highest BCUT2D eigenvalue weighted by atomic mass is 35.5. The van der Waals surface area contributed by atoms with Gasteiger partial charge in [0.15, 0.2) is 0 Å². The lowest BCUT2D eigenvalue weighted by Gasteiger charge is -2.20. The molecule has 0 radical (unpaired) electrons. The number of anilines is 2. The smallest absolute Gasteiger partial charge is 0.241 e. The summed E-state index contributed by atoms with van der Waals surface area (Å²) < 4.78 is 0. The highest BCUT2D eigenvalue weighted by molar-refractivity contribution is 6.28. The minimum atomic E-state index is -0.0413. The van der Waals surface area contributed by atoms with Crippen LogP contribution in [0, 0.1) is 0 Å². The van der Waals surface area contributed by atoms with Crippen LogP contribution < -0.4 is 9.80 Å². The van der Waals surface area contributed by atoms with Crippen molar-refractivity contribution in [2.45, 2.75) is 0 Å². The molecular weight excluding hydrogens is 256 g/mol. The second-order valence-corrected chi connectivity index (χ2v) is 4.58. The maximum absolute atomic E-state index is 11.6. The van der Waals surface area contributed by atoms with Gasteiger partial charge in [0.25, 0.3) is 0 Å². The zero-order valence-electron chi connectivity index (χ0n) is 11.2. The quantitative estimate of drug-likeness (QED) is 0.775. The SMILES string of the molecule is CN(C)C(=O)CN(C)c1nc(Cl)nc(N(C)C)n1. The van der Waals surface area contributed by atoms with Crippen molar-refractivity contribution in [2.24, 2.45) is 0 Å². The van der Waals surface area contributed by atoms with Gasteiger partial charge in [-0.2, -0.15) is 15.0 Å². The van der Waals surface area contributed by atoms with Crippen LogP contribution in [0.2, 0.25) is 5.28 Å². The number of carbonyl (C=O) groups is 1. The second kappa shape index (κ2) is 5.81. The van der Waals surface area contributed by atoms with Gasteiger partial charge < -0.3 is 14.7 Å². The van der Waals surface area contributed by atoms with E-state index in [0.29, 0.717) is 11.9 Å². The molecule has 1 aromatic rings. The Morgan fingerprint density at radius 2 is 1.61 bits per heavy atom. The molecule has 0 aliphatic heterocycles. The minimum absolute atomic E-state index is 0.0413. The van der Waals surface area contributed by atoms with E-state index in [9.17, 15) is 4.79 Å². The summed E-state index contributed by atoms with van der Waals surface area (Å²) in [7, 11) is 8.73. The van der Waals surface area contributed by atoms with Crippen molar-refractivity contribution in [3.63, 3.8) is 0 Å². The lowest BCUT2D eigenvalue weighted by molar-refractivity contribution is -0.127. The number of halogens is 1. The summed E-state index contributed by atoms with van der Waals surface area (Å²) in [5.41, 5.74) is 0. The van der Waals surface area contributed by atoms with E-state index in [4.69, 9.17) is 11.6 Å². The fourth-order valence-corrected chi connectivity index (χ4v) is 1.27. The summed E-state index contributed by atoms with van der Waals surface area (Å²) in [5.74, 6) is 0.781. The van der Waals surface area contributed by atoms with Gasteiger partial charge in [0.2, 0.25) is 23.1 Å². The standard InChI is InChI=1S/C10H17ClN6O/c1-15(2)7(18)6-17(5)10-13-8(11)12-9(14-10)16(3)4/h6H2,1-5H3. The maximum Gasteiger partial charge on any atom is 0.241 e. The van der Waals surface area contributed by atoms with E-state index in [1.807, 2.05) is 0 Å². The largest absolute Gasteiger partial charge is 0.347 e. The van der Waals surface area contributed by atoms with Crippen molar-refractivity contribution in [1.82, 2.24) is 19.9 Å². The first-order chi connectivity index (χ1) is 8.31. The molecule has 0 unspecified atom stereocenters. The van der Waals surface area contributed by atoms with Gasteiger partial charge in [0.1, 0.15) is 0 Å². The molecule has 1 heterocycles. The normalized spacial score (nSPS) is 10.1. The molecule has 0 saturated heterocycles. The molecule has 18 heavy (non-hydrogen) atoms. The Kier molecular flexibility index (Phi) is 4.66. The first-order valence-corrected chi connectivity index (χ1v) is 5.69. The van der Waals surface area contributed by atoms with Crippen molar-refractivity contribution in [3.05, 3.63) is 5.28 Å². The number of amides is 1. The number of carbonyl (C=O) groups excluding carboxylic acids is 1. The van der Waals surface area contributed by atoms with E-state index in [2.05, 4.69) is 15.0 Å². The first kappa shape index (κ1) is 14.4. The Labute approximate surface area is 111 Å². The summed E-state index contributed by atoms with van der Waals surface area (Å²) in [6.45, 7) is 0.181. The zero-order chi connectivity index (χ0) is 13.9. The number of hydrogen-bond acceptors (Lipinski definition) is 6. The Balaban J connectivity index is 2.92. The fourth-order valence-electron chi connectivity index (χ4n) is 1.12. The summed E-state index contributed by atoms with van der Waals surface area (Å²) in [6.07, 6.45) is 0. The van der Waals surface area contributed by atoms with Crippen molar-refractivity contribution < 1.29 is 4.79 Å². The Hall–Kier alpha value is -1.63. The third kappa shape index (κ3) is 3.69. The topological polar surface area (TPSA) is 65.5 Å². The van der Waals surface area contributed by atoms with Gasteiger partial charge in [-0.1, -0.05) is 0 Å². The molecule has 0 fully saturated rings. The fraction of sp³-hybridized carbons (Fsp3) is 0.600. The molecule has 0 atom stereocenters. The van der Waals surface area contributed by atoms with Crippen LogP contribution >= 0.6 is 11.6 Å². The van der Waals surface area contributed by atoms with Crippen molar-refractivity contribution in [2.75, 3.05) is 51.6 Å². The maximum atomic E-state index is 11.6. The van der Waals surface area contributed by atoms with E-state index in [1.54, 1.807) is 45.0 Å². The molecule has 1 aromatic heterocycles. The van der Waals surface area contributed by atoms with Gasteiger partial charge in [-0.05, 0) is 11.6 Å². The Morgan fingerprint density at radius 3 is 2.11 bits per heavy atom. The van der Waals surface area contributed by atoms with Crippen molar-refractivity contribution in [1.29, 1.82) is 0 Å². The lowest BCUT2D eigenvalue weighted by atomic mass is 10.5. The van der Waals surface area contributed by atoms with Crippen LogP contribution in [0.15, 0.2) is 0 Å². The van der Waals surface area contributed by atoms with Crippen LogP contribution in [0.25, 0.3) is 0 Å². The van der Waals surface area contributed by atoms with Crippen LogP contribution in [-0.4, -0.2) is 67.5 Å². The van der Waals surface area contributed by atoms with Gasteiger partial charge >= 0.3 is 0 Å². The molecule has 0 aromatic carbocycles. The highest BCUT2D eigenvalue weighted by Crippen LogP contribution is 2.14. The molecule has 1 amide bonds. The Morgan fingerprint density at radius 1 is 1.06 bits per heavy atom. The van der Waals surface area contributed by atoms with Gasteiger partial charge in [-0.25, -0.2) is 0 Å². The monoisotopic (exact) mass is 272 g/mol. The third-order valence-electron chi connectivity index (χ3n) is 2.20. The molecule has 7 nitrogen and oxygen atoms in total. The molecule has 0 aliphatic carbocycles. The Bertz CT molecular complexity index is 436. The van der Waals surface area contributed by atoms with Crippen LogP contribution in [0.1, 0.15) is 0 Å². The van der Waals surface area contributed by atoms with E-state index in [0.717, 1.165) is 0 Å². The van der Waals surface area contributed by atoms with Crippen LogP contribution in [0.4, 0.5) is 11.9 Å². The van der Waals surface area contributed by atoms with Crippen LogP contribution in [-0.2, 0) is 4.79 Å². The average molecular weight is 273 g/mol. The molecule has 0 bridgehead atoms. The van der Waals surface area contributed by atoms with Crippen molar-refractivity contribution >= 4 is 29.4 Å². The molecule has 0 aliphatic rings. The molecule has 8 heteroatoms. The van der Waals surface area contributed by atoms with Crippen LogP contribution in [0.5, 0.6) is 0 Å². The lowest BCUT2D eigenvalue weighted by Crippen LogP contribution is -2.35. The van der Waals surface area contributed by atoms with Gasteiger partial charge in [0, 0.05) is 35.2 Å². The number of rotatable bonds is 4. The van der Waals surface area contributed by atoms with E-state index >= 15 is 0 Å². The first-order valence-electron chi connectivity index (χ1n) is 5.31. The molecule has 0 spiro atoms. The minimum Gasteiger partial charge on any atom is -0.347 e. The molecule has 0 saturated carbocycles. The number of likely N-dealkylation sites (N-methyl/N-ethyl adjacent to an activating group) is 2. The predicted molar refractivity (Wildman–Crippen MR) is 71.1 cm³/mol. The molecule has 0 N–H and O–H groups in total. The highest BCUT2D eigenvalue weighted by Gasteiger charge is 2.14. The van der Waals surface area contributed by atoms with Gasteiger partial charge in [-0.15, -0.1) is 0 Å².